The largest absolute Gasteiger partial charge is 0.505 e. The lowest BCUT2D eigenvalue weighted by atomic mass is 10.1. The highest BCUT2D eigenvalue weighted by Gasteiger charge is 2.24. The lowest BCUT2D eigenvalue weighted by Crippen LogP contribution is -2.19. The number of nitrogens with zero attached hydrogens (tertiary/aromatic N) is 6. The maximum absolute atomic E-state index is 13.0. The molecule has 0 radical (unpaired) electrons. The van der Waals surface area contributed by atoms with Crippen LogP contribution in [-0.4, -0.2) is 52.0 Å². The van der Waals surface area contributed by atoms with Gasteiger partial charge in [-0.1, -0.05) is 0 Å². The molecular formula is C33H22N8O13S2. The predicted octanol–water partition coefficient (Wildman–Crippen LogP) is 8.19. The Kier molecular flexibility index (Phi) is 10.1. The Morgan fingerprint density at radius 2 is 0.911 bits per heavy atom. The molecule has 0 saturated heterocycles. The van der Waals surface area contributed by atoms with Gasteiger partial charge in [-0.3, -0.25) is 29.3 Å². The summed E-state index contributed by atoms with van der Waals surface area (Å²) in [5.74, 6) is -1.40. The molecule has 0 aliphatic heterocycles. The smallest absolute Gasteiger partial charge is 0.323 e. The summed E-state index contributed by atoms with van der Waals surface area (Å²) < 4.78 is 68.9. The molecule has 6 aromatic rings. The number of phenolic OH excluding ortho intramolecular Hbond substituents is 2. The average Bonchev–Trinajstić information content (AvgIpc) is 3.13. The number of hydrogen-bond donors (Lipinski definition) is 6. The Morgan fingerprint density at radius 1 is 0.554 bits per heavy atom. The number of nitro benzene ring substituents is 2. The molecule has 6 aromatic carbocycles. The molecule has 6 N–H and O–H groups in total. The van der Waals surface area contributed by atoms with Crippen LogP contribution in [0.5, 0.6) is 11.5 Å². The quantitative estimate of drug-likeness (QED) is 0.0329. The summed E-state index contributed by atoms with van der Waals surface area (Å²) in [6.45, 7) is 0. The number of non-ortho nitro benzene ring substituents is 2. The van der Waals surface area contributed by atoms with Crippen molar-refractivity contribution in [1.29, 1.82) is 0 Å². The number of nitro groups is 2. The molecule has 0 heterocycles. The van der Waals surface area contributed by atoms with Crippen LogP contribution in [0.4, 0.5) is 50.3 Å². The fourth-order valence-corrected chi connectivity index (χ4v) is 6.55. The number of benzene rings is 6. The van der Waals surface area contributed by atoms with E-state index in [2.05, 4.69) is 31.1 Å². The van der Waals surface area contributed by atoms with Crippen molar-refractivity contribution in [3.8, 4) is 11.5 Å². The standard InChI is InChI=1S/C33H22N8O13S2/c42-31-25-11-5-21(13-17(25)15-27(55(49,50)51)29(31)38-36-19-1-7-23(8-2-19)40(45)46)34-33(44)35-22-6-12-26-18(14-22)16-28(56(52,53)54)30(32(26)43)39-37-20-3-9-24(10-4-20)41(47)48/h1-16,42-43H,(H2,34,35,44)(H,49,50,51)(H,52,53,54). The molecule has 56 heavy (non-hydrogen) atoms. The molecule has 2 amide bonds. The second-order valence-electron chi connectivity index (χ2n) is 11.5. The minimum Gasteiger partial charge on any atom is -0.505 e. The zero-order valence-electron chi connectivity index (χ0n) is 27.7. The molecule has 0 saturated carbocycles. The Hall–Kier alpha value is -7.47. The number of carbonyl (C=O) groups is 1. The maximum Gasteiger partial charge on any atom is 0.323 e. The van der Waals surface area contributed by atoms with Gasteiger partial charge in [0.2, 0.25) is 0 Å². The predicted molar refractivity (Wildman–Crippen MR) is 198 cm³/mol. The van der Waals surface area contributed by atoms with Crippen molar-refractivity contribution in [1.82, 2.24) is 0 Å². The first-order valence-corrected chi connectivity index (χ1v) is 18.2. The van der Waals surface area contributed by atoms with E-state index in [4.69, 9.17) is 0 Å². The zero-order valence-corrected chi connectivity index (χ0v) is 29.3. The van der Waals surface area contributed by atoms with E-state index in [0.717, 1.165) is 36.4 Å². The molecule has 0 unspecified atom stereocenters. The Bertz CT molecular complexity index is 2710. The van der Waals surface area contributed by atoms with Gasteiger partial charge in [-0.15, -0.1) is 10.2 Å². The fourth-order valence-electron chi connectivity index (χ4n) is 5.24. The summed E-state index contributed by atoms with van der Waals surface area (Å²) in [6.07, 6.45) is 0. The molecule has 0 atom stereocenters. The molecule has 0 aliphatic carbocycles. The Morgan fingerprint density at radius 3 is 1.23 bits per heavy atom. The number of phenols is 2. The first-order valence-electron chi connectivity index (χ1n) is 15.3. The number of amides is 2. The van der Waals surface area contributed by atoms with Crippen molar-refractivity contribution >= 4 is 93.3 Å². The first kappa shape index (κ1) is 38.3. The van der Waals surface area contributed by atoms with Gasteiger partial charge in [-0.2, -0.15) is 27.1 Å². The minimum absolute atomic E-state index is 0.0302. The molecule has 21 nitrogen and oxygen atoms in total. The molecular weight excluding hydrogens is 781 g/mol. The number of rotatable bonds is 10. The van der Waals surface area contributed by atoms with E-state index in [1.165, 1.54) is 60.7 Å². The molecule has 0 spiro atoms. The first-order chi connectivity index (χ1) is 26.4. The molecule has 6 rings (SSSR count). The molecule has 0 fully saturated rings. The third kappa shape index (κ3) is 8.19. The van der Waals surface area contributed by atoms with E-state index in [0.29, 0.717) is 0 Å². The highest BCUT2D eigenvalue weighted by Crippen LogP contribution is 2.43. The molecule has 23 heteroatoms. The van der Waals surface area contributed by atoms with E-state index in [1.54, 1.807) is 0 Å². The van der Waals surface area contributed by atoms with Crippen molar-refractivity contribution in [2.45, 2.75) is 9.79 Å². The van der Waals surface area contributed by atoms with Crippen LogP contribution in [0.1, 0.15) is 0 Å². The van der Waals surface area contributed by atoms with Crippen LogP contribution in [0.25, 0.3) is 21.5 Å². The van der Waals surface area contributed by atoms with Gasteiger partial charge < -0.3 is 20.8 Å². The van der Waals surface area contributed by atoms with Crippen LogP contribution in [0, 0.1) is 20.2 Å². The van der Waals surface area contributed by atoms with Crippen molar-refractivity contribution in [3.05, 3.63) is 117 Å². The summed E-state index contributed by atoms with van der Waals surface area (Å²) in [5.41, 5.74) is -1.45. The number of anilines is 2. The minimum atomic E-state index is -5.01. The van der Waals surface area contributed by atoms with Crippen LogP contribution in [-0.2, 0) is 20.2 Å². The SMILES string of the molecule is O=C(Nc1ccc2c(O)c(N=Nc3ccc([N+](=O)[O-])cc3)c(S(=O)(=O)O)cc2c1)Nc1ccc2c(O)c(N=Nc3ccc([N+](=O)[O-])cc3)c(S(=O)(=O)O)cc2c1. The van der Waals surface area contributed by atoms with E-state index in [9.17, 15) is 61.2 Å². The topological polar surface area (TPSA) is 326 Å². The second-order valence-corrected chi connectivity index (χ2v) is 14.3. The average molecular weight is 803 g/mol. The maximum atomic E-state index is 13.0. The number of carbonyl (C=O) groups excluding carboxylic acids is 1. The zero-order chi connectivity index (χ0) is 40.5. The monoisotopic (exact) mass is 802 g/mol. The van der Waals surface area contributed by atoms with Gasteiger partial charge >= 0.3 is 6.03 Å². The summed E-state index contributed by atoms with van der Waals surface area (Å²) in [6, 6.07) is 18.4. The highest BCUT2D eigenvalue weighted by molar-refractivity contribution is 7.86. The number of hydrogen-bond acceptors (Lipinski definition) is 15. The number of aromatic hydroxyl groups is 2. The van der Waals surface area contributed by atoms with E-state index >= 15 is 0 Å². The highest BCUT2D eigenvalue weighted by atomic mass is 32.2. The third-order valence-electron chi connectivity index (χ3n) is 7.83. The van der Waals surface area contributed by atoms with Gasteiger partial charge in [-0.25, -0.2) is 4.79 Å². The molecule has 0 bridgehead atoms. The van der Waals surface area contributed by atoms with Crippen molar-refractivity contribution in [2.24, 2.45) is 20.5 Å². The Balaban J connectivity index is 1.25. The van der Waals surface area contributed by atoms with Crippen molar-refractivity contribution in [3.63, 3.8) is 0 Å². The fraction of sp³-hybridized carbons (Fsp3) is 0. The summed E-state index contributed by atoms with van der Waals surface area (Å²) in [5, 5.41) is 63.9. The number of fused-ring (bicyclic) bond motifs is 2. The van der Waals surface area contributed by atoms with Crippen LogP contribution >= 0.6 is 0 Å². The lowest BCUT2D eigenvalue weighted by Gasteiger charge is -2.13. The molecule has 0 aliphatic rings. The third-order valence-corrected chi connectivity index (χ3v) is 9.56. The normalized spacial score (nSPS) is 12.0. The van der Waals surface area contributed by atoms with E-state index < -0.39 is 68.8 Å². The van der Waals surface area contributed by atoms with Gasteiger partial charge in [0.05, 0.1) is 21.2 Å². The number of urea groups is 1. The van der Waals surface area contributed by atoms with Crippen molar-refractivity contribution in [2.75, 3.05) is 10.6 Å². The van der Waals surface area contributed by atoms with E-state index in [-0.39, 0.29) is 55.7 Å². The van der Waals surface area contributed by atoms with E-state index in [1.807, 2.05) is 0 Å². The van der Waals surface area contributed by atoms with Crippen LogP contribution in [0.3, 0.4) is 0 Å². The van der Waals surface area contributed by atoms with Gasteiger partial charge in [0.25, 0.3) is 31.6 Å². The Labute approximate surface area is 313 Å². The molecule has 0 aromatic heterocycles. The number of azo groups is 2. The lowest BCUT2D eigenvalue weighted by molar-refractivity contribution is -0.385. The van der Waals surface area contributed by atoms with Gasteiger partial charge in [0, 0.05) is 46.4 Å². The van der Waals surface area contributed by atoms with Crippen molar-refractivity contribution < 1.29 is 50.8 Å². The summed E-state index contributed by atoms with van der Waals surface area (Å²) >= 11 is 0. The van der Waals surface area contributed by atoms with Gasteiger partial charge in [0.1, 0.15) is 21.2 Å². The summed E-state index contributed by atoms with van der Waals surface area (Å²) in [7, 11) is -10.0. The van der Waals surface area contributed by atoms with Gasteiger partial charge in [0.15, 0.2) is 11.5 Å². The van der Waals surface area contributed by atoms with Crippen LogP contribution in [0.2, 0.25) is 0 Å². The molecule has 284 valence electrons. The number of nitrogens with one attached hydrogen (secondary N) is 2. The van der Waals surface area contributed by atoms with Crippen LogP contribution < -0.4 is 10.6 Å². The van der Waals surface area contributed by atoms with Gasteiger partial charge in [-0.05, 0) is 83.6 Å². The van der Waals surface area contributed by atoms with Crippen LogP contribution in [0.15, 0.2) is 127 Å². The second kappa shape index (κ2) is 14.7. The summed E-state index contributed by atoms with van der Waals surface area (Å²) in [4.78, 5) is 31.8.